The van der Waals surface area contributed by atoms with Gasteiger partial charge in [-0.1, -0.05) is 13.8 Å². The fourth-order valence-corrected chi connectivity index (χ4v) is 2.95. The van der Waals surface area contributed by atoms with E-state index in [4.69, 9.17) is 0 Å². The third-order valence-electron chi connectivity index (χ3n) is 4.71. The summed E-state index contributed by atoms with van der Waals surface area (Å²) >= 11 is 0. The van der Waals surface area contributed by atoms with Crippen LogP contribution in [0.4, 0.5) is 18.9 Å². The molecule has 29 heavy (non-hydrogen) atoms. The summed E-state index contributed by atoms with van der Waals surface area (Å²) < 4.78 is 40.3. The summed E-state index contributed by atoms with van der Waals surface area (Å²) in [5.41, 5.74) is 0.351. The molecule has 0 bridgehead atoms. The van der Waals surface area contributed by atoms with E-state index in [9.17, 15) is 22.8 Å². The predicted octanol–water partition coefficient (Wildman–Crippen LogP) is 2.46. The Labute approximate surface area is 170 Å². The number of nitrogens with zero attached hydrogens (tertiary/aromatic N) is 1. The predicted molar refractivity (Wildman–Crippen MR) is 105 cm³/mol. The van der Waals surface area contributed by atoms with Crippen molar-refractivity contribution in [1.82, 2.24) is 4.90 Å². The molecule has 0 radical (unpaired) electrons. The zero-order chi connectivity index (χ0) is 22.2. The van der Waals surface area contributed by atoms with Crippen molar-refractivity contribution in [3.05, 3.63) is 24.3 Å². The Bertz CT molecular complexity index is 655. The van der Waals surface area contributed by atoms with Gasteiger partial charge in [0.2, 0.25) is 0 Å². The number of rotatable bonds is 10. The Hall–Kier alpha value is -2.29. The smallest absolute Gasteiger partial charge is 0.406 e. The van der Waals surface area contributed by atoms with Gasteiger partial charge in [0.25, 0.3) is 11.8 Å². The minimum atomic E-state index is -4.76. The topological polar surface area (TPSA) is 63.1 Å². The SMILES string of the molecule is CC[C@H](C)N(C(=O)C[NH+](C)CC(=O)Nc1ccc(OC(F)(F)F)cc1)[C@@H](C)CC. The van der Waals surface area contributed by atoms with E-state index in [0.717, 1.165) is 29.9 Å². The number of alkyl halides is 3. The second-order valence-corrected chi connectivity index (χ2v) is 7.25. The van der Waals surface area contributed by atoms with Crippen molar-refractivity contribution < 1.29 is 32.4 Å². The normalized spacial score (nSPS) is 14.6. The molecule has 0 aliphatic carbocycles. The van der Waals surface area contributed by atoms with Gasteiger partial charge in [-0.25, -0.2) is 0 Å². The van der Waals surface area contributed by atoms with E-state index in [1.165, 1.54) is 12.1 Å². The van der Waals surface area contributed by atoms with Crippen LogP contribution in [0.5, 0.6) is 5.75 Å². The number of benzene rings is 1. The molecule has 2 N–H and O–H groups in total. The first-order chi connectivity index (χ1) is 13.5. The molecule has 0 fully saturated rings. The van der Waals surface area contributed by atoms with Gasteiger partial charge in [0, 0.05) is 17.8 Å². The van der Waals surface area contributed by atoms with Crippen LogP contribution in [-0.4, -0.2) is 55.3 Å². The van der Waals surface area contributed by atoms with Crippen molar-refractivity contribution in [2.75, 3.05) is 25.5 Å². The van der Waals surface area contributed by atoms with Gasteiger partial charge >= 0.3 is 6.36 Å². The van der Waals surface area contributed by atoms with Crippen LogP contribution in [0.15, 0.2) is 24.3 Å². The van der Waals surface area contributed by atoms with Gasteiger partial charge in [0.1, 0.15) is 5.75 Å². The standard InChI is InChI=1S/C20H30F3N3O3/c1-6-14(3)26(15(4)7-2)19(28)13-25(5)12-18(27)24-16-8-10-17(11-9-16)29-20(21,22)23/h8-11,14-15H,6-7,12-13H2,1-5H3,(H,24,27)/p+1/t14-,15-/m0/s1. The van der Waals surface area contributed by atoms with Crippen LogP contribution < -0.4 is 15.0 Å². The fourth-order valence-electron chi connectivity index (χ4n) is 2.95. The van der Waals surface area contributed by atoms with Gasteiger partial charge in [-0.2, -0.15) is 0 Å². The molecule has 164 valence electrons. The highest BCUT2D eigenvalue weighted by Crippen LogP contribution is 2.23. The second kappa shape index (κ2) is 11.0. The van der Waals surface area contributed by atoms with E-state index in [2.05, 4.69) is 10.1 Å². The van der Waals surface area contributed by atoms with Crippen LogP contribution >= 0.6 is 0 Å². The summed E-state index contributed by atoms with van der Waals surface area (Å²) in [7, 11) is 1.75. The van der Waals surface area contributed by atoms with Crippen molar-refractivity contribution >= 4 is 17.5 Å². The van der Waals surface area contributed by atoms with Crippen molar-refractivity contribution in [3.63, 3.8) is 0 Å². The van der Waals surface area contributed by atoms with Crippen molar-refractivity contribution in [2.24, 2.45) is 0 Å². The molecule has 1 rings (SSSR count). The molecule has 9 heteroatoms. The van der Waals surface area contributed by atoms with E-state index >= 15 is 0 Å². The lowest BCUT2D eigenvalue weighted by atomic mass is 10.1. The molecule has 1 aromatic carbocycles. The average Bonchev–Trinajstić information content (AvgIpc) is 2.61. The summed E-state index contributed by atoms with van der Waals surface area (Å²) in [4.78, 5) is 27.5. The molecule has 1 unspecified atom stereocenters. The quantitative estimate of drug-likeness (QED) is 0.614. The zero-order valence-electron chi connectivity index (χ0n) is 17.6. The molecular formula is C20H31F3N3O3+. The molecule has 2 amide bonds. The highest BCUT2D eigenvalue weighted by molar-refractivity contribution is 5.91. The number of carbonyl (C=O) groups excluding carboxylic acids is 2. The summed E-state index contributed by atoms with van der Waals surface area (Å²) in [5, 5.41) is 2.61. The second-order valence-electron chi connectivity index (χ2n) is 7.25. The Kier molecular flexibility index (Phi) is 9.42. The van der Waals surface area contributed by atoms with Crippen LogP contribution in [-0.2, 0) is 9.59 Å². The number of hydrogen-bond acceptors (Lipinski definition) is 3. The lowest BCUT2D eigenvalue weighted by Crippen LogP contribution is -3.11. The zero-order valence-corrected chi connectivity index (χ0v) is 17.6. The van der Waals surface area contributed by atoms with Gasteiger partial charge in [-0.3, -0.25) is 9.59 Å². The third-order valence-corrected chi connectivity index (χ3v) is 4.71. The summed E-state index contributed by atoms with van der Waals surface area (Å²) in [5.74, 6) is -0.704. The van der Waals surface area contributed by atoms with Gasteiger partial charge < -0.3 is 19.9 Å². The molecule has 0 aromatic heterocycles. The van der Waals surface area contributed by atoms with Crippen LogP contribution in [0.1, 0.15) is 40.5 Å². The maximum atomic E-state index is 12.7. The largest absolute Gasteiger partial charge is 0.573 e. The number of carbonyl (C=O) groups is 2. The third kappa shape index (κ3) is 8.72. The number of amides is 2. The molecule has 0 saturated heterocycles. The van der Waals surface area contributed by atoms with E-state index < -0.39 is 6.36 Å². The van der Waals surface area contributed by atoms with E-state index in [0.29, 0.717) is 5.69 Å². The average molecular weight is 418 g/mol. The Balaban J connectivity index is 2.60. The number of nitrogens with one attached hydrogen (secondary N) is 2. The molecule has 3 atom stereocenters. The first-order valence-corrected chi connectivity index (χ1v) is 9.74. The summed E-state index contributed by atoms with van der Waals surface area (Å²) in [6.07, 6.45) is -3.06. The molecule has 0 aliphatic rings. The Morgan fingerprint density at radius 2 is 1.59 bits per heavy atom. The maximum Gasteiger partial charge on any atom is 0.573 e. The number of halogens is 3. The lowest BCUT2D eigenvalue weighted by molar-refractivity contribution is -0.862. The number of hydrogen-bond donors (Lipinski definition) is 2. The maximum absolute atomic E-state index is 12.7. The lowest BCUT2D eigenvalue weighted by Gasteiger charge is -2.34. The van der Waals surface area contributed by atoms with Crippen LogP contribution in [0.25, 0.3) is 0 Å². The molecule has 0 spiro atoms. The molecule has 0 saturated carbocycles. The number of quaternary nitrogens is 1. The first kappa shape index (κ1) is 24.7. The highest BCUT2D eigenvalue weighted by atomic mass is 19.4. The minimum absolute atomic E-state index is 0.00680. The highest BCUT2D eigenvalue weighted by Gasteiger charge is 2.31. The van der Waals surface area contributed by atoms with Crippen molar-refractivity contribution in [3.8, 4) is 5.75 Å². The first-order valence-electron chi connectivity index (χ1n) is 9.74. The number of anilines is 1. The fraction of sp³-hybridized carbons (Fsp3) is 0.600. The van der Waals surface area contributed by atoms with Crippen LogP contribution in [0.2, 0.25) is 0 Å². The van der Waals surface area contributed by atoms with Crippen LogP contribution in [0, 0.1) is 0 Å². The molecule has 0 heterocycles. The summed E-state index contributed by atoms with van der Waals surface area (Å²) in [6, 6.07) is 5.15. The number of likely N-dealkylation sites (N-methyl/N-ethyl adjacent to an activating group) is 1. The molecular weight excluding hydrogens is 387 g/mol. The van der Waals surface area contributed by atoms with E-state index in [-0.39, 0.29) is 42.7 Å². The van der Waals surface area contributed by atoms with Crippen molar-refractivity contribution in [2.45, 2.75) is 59.0 Å². The Morgan fingerprint density at radius 1 is 1.07 bits per heavy atom. The van der Waals surface area contributed by atoms with Crippen LogP contribution in [0.3, 0.4) is 0 Å². The number of ether oxygens (including phenoxy) is 1. The van der Waals surface area contributed by atoms with Gasteiger partial charge in [0.05, 0.1) is 7.05 Å². The molecule has 0 aliphatic heterocycles. The van der Waals surface area contributed by atoms with E-state index in [1.807, 2.05) is 32.6 Å². The molecule has 1 aromatic rings. The monoisotopic (exact) mass is 418 g/mol. The van der Waals surface area contributed by atoms with Crippen molar-refractivity contribution in [1.29, 1.82) is 0 Å². The Morgan fingerprint density at radius 3 is 2.03 bits per heavy atom. The van der Waals surface area contributed by atoms with E-state index in [1.54, 1.807) is 7.05 Å². The van der Waals surface area contributed by atoms with Gasteiger partial charge in [0.15, 0.2) is 13.1 Å². The van der Waals surface area contributed by atoms with Gasteiger partial charge in [-0.05, 0) is 51.0 Å². The summed E-state index contributed by atoms with van der Waals surface area (Å²) in [6.45, 7) is 8.32. The van der Waals surface area contributed by atoms with Gasteiger partial charge in [-0.15, -0.1) is 13.2 Å². The minimum Gasteiger partial charge on any atom is -0.406 e. The molecule has 6 nitrogen and oxygen atoms in total.